The summed E-state index contributed by atoms with van der Waals surface area (Å²) >= 11 is 0. The molecule has 2 rings (SSSR count). The van der Waals surface area contributed by atoms with E-state index < -0.39 is 0 Å². The summed E-state index contributed by atoms with van der Waals surface area (Å²) in [5.74, 6) is -0.0241. The van der Waals surface area contributed by atoms with Crippen molar-refractivity contribution in [1.82, 2.24) is 10.6 Å². The van der Waals surface area contributed by atoms with Crippen LogP contribution >= 0.6 is 0 Å². The number of amides is 2. The van der Waals surface area contributed by atoms with Crippen LogP contribution in [0.5, 0.6) is 0 Å². The van der Waals surface area contributed by atoms with E-state index in [4.69, 9.17) is 0 Å². The van der Waals surface area contributed by atoms with Crippen LogP contribution in [0, 0.1) is 6.92 Å². The average molecular weight is 345 g/mol. The van der Waals surface area contributed by atoms with Gasteiger partial charge in [-0.3, -0.25) is 9.59 Å². The fourth-order valence-corrected chi connectivity index (χ4v) is 3.12. The first kappa shape index (κ1) is 19.3. The van der Waals surface area contributed by atoms with Gasteiger partial charge < -0.3 is 16.0 Å². The number of anilines is 1. The highest BCUT2D eigenvalue weighted by Gasteiger charge is 2.17. The van der Waals surface area contributed by atoms with Crippen molar-refractivity contribution in [2.45, 2.75) is 71.4 Å². The van der Waals surface area contributed by atoms with Crippen molar-refractivity contribution in [3.63, 3.8) is 0 Å². The maximum absolute atomic E-state index is 12.4. The number of aryl methyl sites for hydroxylation is 1. The first-order valence-electron chi connectivity index (χ1n) is 9.44. The predicted octanol–water partition coefficient (Wildman–Crippen LogP) is 3.38. The molecule has 1 saturated carbocycles. The highest BCUT2D eigenvalue weighted by Crippen LogP contribution is 2.19. The molecule has 0 radical (unpaired) electrons. The molecule has 1 aromatic carbocycles. The third-order valence-corrected chi connectivity index (χ3v) is 4.89. The molecule has 1 aromatic rings. The van der Waals surface area contributed by atoms with Crippen molar-refractivity contribution in [2.24, 2.45) is 0 Å². The second-order valence-electron chi connectivity index (χ2n) is 7.07. The molecular weight excluding hydrogens is 314 g/mol. The van der Waals surface area contributed by atoms with Crippen molar-refractivity contribution in [3.05, 3.63) is 29.3 Å². The van der Waals surface area contributed by atoms with Gasteiger partial charge in [0, 0.05) is 23.3 Å². The summed E-state index contributed by atoms with van der Waals surface area (Å²) in [6.45, 7) is 6.22. The molecule has 25 heavy (non-hydrogen) atoms. The zero-order valence-electron chi connectivity index (χ0n) is 15.7. The van der Waals surface area contributed by atoms with Crippen LogP contribution in [-0.4, -0.2) is 30.4 Å². The third kappa shape index (κ3) is 6.07. The van der Waals surface area contributed by atoms with Gasteiger partial charge in [0.05, 0.1) is 6.54 Å². The lowest BCUT2D eigenvalue weighted by Gasteiger charge is -2.23. The molecule has 0 aliphatic heterocycles. The fraction of sp³-hybridized carbons (Fsp3) is 0.600. The van der Waals surface area contributed by atoms with E-state index in [1.807, 2.05) is 39.0 Å². The zero-order chi connectivity index (χ0) is 18.2. The maximum Gasteiger partial charge on any atom is 0.251 e. The van der Waals surface area contributed by atoms with Gasteiger partial charge in [0.15, 0.2) is 0 Å². The van der Waals surface area contributed by atoms with E-state index >= 15 is 0 Å². The van der Waals surface area contributed by atoms with Crippen LogP contribution < -0.4 is 16.0 Å². The van der Waals surface area contributed by atoms with E-state index in [1.165, 1.54) is 19.3 Å². The first-order valence-corrected chi connectivity index (χ1v) is 9.44. The molecule has 1 fully saturated rings. The highest BCUT2D eigenvalue weighted by molar-refractivity contribution is 5.95. The minimum atomic E-state index is -0.0205. The minimum Gasteiger partial charge on any atom is -0.376 e. The fourth-order valence-electron chi connectivity index (χ4n) is 3.12. The summed E-state index contributed by atoms with van der Waals surface area (Å²) in [6, 6.07) is 6.07. The smallest absolute Gasteiger partial charge is 0.251 e. The first-order chi connectivity index (χ1) is 12.0. The lowest BCUT2D eigenvalue weighted by atomic mass is 9.95. The molecule has 0 unspecified atom stereocenters. The van der Waals surface area contributed by atoms with Crippen LogP contribution in [-0.2, 0) is 4.79 Å². The Labute approximate surface area is 151 Å². The van der Waals surface area contributed by atoms with Gasteiger partial charge in [0.25, 0.3) is 5.91 Å². The Balaban J connectivity index is 1.88. The Bertz CT molecular complexity index is 595. The zero-order valence-corrected chi connectivity index (χ0v) is 15.7. The van der Waals surface area contributed by atoms with Crippen molar-refractivity contribution < 1.29 is 9.59 Å². The number of carbonyl (C=O) groups excluding carboxylic acids is 2. The van der Waals surface area contributed by atoms with Crippen molar-refractivity contribution in [3.8, 4) is 0 Å². The standard InChI is InChI=1S/C20H31N3O2/c1-4-15(3)22-19(24)13-21-18-11-10-16(12-14(18)2)20(25)23-17-8-6-5-7-9-17/h10-12,15,17,21H,4-9,13H2,1-3H3,(H,22,24)(H,23,25)/t15-/m0/s1. The molecule has 3 N–H and O–H groups in total. The van der Waals surface area contributed by atoms with Crippen LogP contribution in [0.4, 0.5) is 5.69 Å². The second-order valence-corrected chi connectivity index (χ2v) is 7.07. The monoisotopic (exact) mass is 345 g/mol. The van der Waals surface area contributed by atoms with E-state index in [1.54, 1.807) is 0 Å². The lowest BCUT2D eigenvalue weighted by Crippen LogP contribution is -2.36. The summed E-state index contributed by atoms with van der Waals surface area (Å²) in [7, 11) is 0. The highest BCUT2D eigenvalue weighted by atomic mass is 16.2. The van der Waals surface area contributed by atoms with E-state index in [0.717, 1.165) is 30.5 Å². The molecule has 0 aromatic heterocycles. The molecule has 0 spiro atoms. The number of rotatable bonds is 7. The maximum atomic E-state index is 12.4. The molecule has 5 heteroatoms. The van der Waals surface area contributed by atoms with Crippen molar-refractivity contribution in [1.29, 1.82) is 0 Å². The summed E-state index contributed by atoms with van der Waals surface area (Å²) in [5.41, 5.74) is 2.53. The molecule has 138 valence electrons. The van der Waals surface area contributed by atoms with Gasteiger partial charge in [-0.15, -0.1) is 0 Å². The van der Waals surface area contributed by atoms with Crippen LogP contribution in [0.1, 0.15) is 68.3 Å². The summed E-state index contributed by atoms with van der Waals surface area (Å²) in [4.78, 5) is 24.3. The van der Waals surface area contributed by atoms with Crippen LogP contribution in [0.15, 0.2) is 18.2 Å². The molecule has 0 heterocycles. The van der Waals surface area contributed by atoms with Gasteiger partial charge in [0.1, 0.15) is 0 Å². The molecule has 1 atom stereocenters. The van der Waals surface area contributed by atoms with Crippen molar-refractivity contribution in [2.75, 3.05) is 11.9 Å². The molecule has 0 bridgehead atoms. The Morgan fingerprint density at radius 2 is 1.92 bits per heavy atom. The lowest BCUT2D eigenvalue weighted by molar-refractivity contribution is -0.120. The van der Waals surface area contributed by atoms with Crippen LogP contribution in [0.3, 0.4) is 0 Å². The molecule has 2 amide bonds. The van der Waals surface area contributed by atoms with Gasteiger partial charge in [-0.05, 0) is 56.9 Å². The Morgan fingerprint density at radius 1 is 1.20 bits per heavy atom. The molecule has 5 nitrogen and oxygen atoms in total. The largest absolute Gasteiger partial charge is 0.376 e. The topological polar surface area (TPSA) is 70.2 Å². The van der Waals surface area contributed by atoms with Gasteiger partial charge in [0.2, 0.25) is 5.91 Å². The predicted molar refractivity (Wildman–Crippen MR) is 102 cm³/mol. The number of hydrogen-bond donors (Lipinski definition) is 3. The third-order valence-electron chi connectivity index (χ3n) is 4.89. The minimum absolute atomic E-state index is 0.00364. The number of hydrogen-bond acceptors (Lipinski definition) is 3. The molecule has 0 saturated heterocycles. The quantitative estimate of drug-likeness (QED) is 0.709. The average Bonchev–Trinajstić information content (AvgIpc) is 2.61. The van der Waals surface area contributed by atoms with E-state index in [2.05, 4.69) is 16.0 Å². The normalized spacial score (nSPS) is 16.1. The molecule has 1 aliphatic rings. The van der Waals surface area contributed by atoms with Gasteiger partial charge in [-0.25, -0.2) is 0 Å². The SMILES string of the molecule is CC[C@H](C)NC(=O)CNc1ccc(C(=O)NC2CCCCC2)cc1C. The van der Waals surface area contributed by atoms with E-state index in [-0.39, 0.29) is 24.4 Å². The van der Waals surface area contributed by atoms with E-state index in [0.29, 0.717) is 11.6 Å². The number of carbonyl (C=O) groups is 2. The van der Waals surface area contributed by atoms with Crippen LogP contribution in [0.25, 0.3) is 0 Å². The number of benzene rings is 1. The molecule has 1 aliphatic carbocycles. The van der Waals surface area contributed by atoms with Crippen molar-refractivity contribution >= 4 is 17.5 Å². The Kier molecular flexibility index (Phi) is 7.29. The van der Waals surface area contributed by atoms with E-state index in [9.17, 15) is 9.59 Å². The molecular formula is C20H31N3O2. The summed E-state index contributed by atoms with van der Waals surface area (Å²) < 4.78 is 0. The van der Waals surface area contributed by atoms with Gasteiger partial charge in [-0.1, -0.05) is 26.2 Å². The van der Waals surface area contributed by atoms with Crippen LogP contribution in [0.2, 0.25) is 0 Å². The van der Waals surface area contributed by atoms with Gasteiger partial charge in [-0.2, -0.15) is 0 Å². The van der Waals surface area contributed by atoms with Gasteiger partial charge >= 0.3 is 0 Å². The summed E-state index contributed by atoms with van der Waals surface area (Å²) in [5, 5.41) is 9.21. The Morgan fingerprint density at radius 3 is 2.56 bits per heavy atom. The number of nitrogens with one attached hydrogen (secondary N) is 3. The second kappa shape index (κ2) is 9.44. The summed E-state index contributed by atoms with van der Waals surface area (Å²) in [6.07, 6.45) is 6.74. The Hall–Kier alpha value is -2.04.